The van der Waals surface area contributed by atoms with E-state index in [1.54, 1.807) is 18.4 Å². The first-order chi connectivity index (χ1) is 11.8. The zero-order chi connectivity index (χ0) is 16.1. The highest BCUT2D eigenvalue weighted by Crippen LogP contribution is 2.40. The maximum absolute atomic E-state index is 5.28. The molecular formula is C21H22N2O. The molecule has 5 rings (SSSR count). The van der Waals surface area contributed by atoms with Crippen LogP contribution in [0.3, 0.4) is 0 Å². The molecule has 2 aliphatic rings. The van der Waals surface area contributed by atoms with Gasteiger partial charge in [-0.15, -0.1) is 0 Å². The molecule has 1 aliphatic heterocycles. The van der Waals surface area contributed by atoms with Crippen LogP contribution in [-0.4, -0.2) is 18.2 Å². The SMILES string of the molecule is COc1ccc(-c2ccc3c(c2)c2c4n3CCN[C@H]4CCC2)cc1. The fourth-order valence-corrected chi connectivity index (χ4v) is 4.48. The number of aromatic nitrogens is 1. The zero-order valence-electron chi connectivity index (χ0n) is 14.0. The third kappa shape index (κ3) is 2.01. The van der Waals surface area contributed by atoms with Crippen molar-refractivity contribution >= 4 is 10.9 Å². The maximum Gasteiger partial charge on any atom is 0.118 e. The zero-order valence-corrected chi connectivity index (χ0v) is 14.0. The molecule has 1 N–H and O–H groups in total. The summed E-state index contributed by atoms with van der Waals surface area (Å²) < 4.78 is 7.83. The fourth-order valence-electron chi connectivity index (χ4n) is 4.48. The standard InChI is InChI=1S/C21H22N2O/c1-24-16-8-5-14(6-9-16)15-7-10-20-18(13-15)17-3-2-4-19-21(17)23(20)12-11-22-19/h5-10,13,19,22H,2-4,11-12H2,1H3/t19-/m0/s1. The molecule has 1 atom stereocenters. The average Bonchev–Trinajstić information content (AvgIpc) is 2.98. The Bertz CT molecular complexity index is 906. The van der Waals surface area contributed by atoms with Gasteiger partial charge in [-0.1, -0.05) is 18.2 Å². The molecule has 24 heavy (non-hydrogen) atoms. The van der Waals surface area contributed by atoms with Gasteiger partial charge in [0.25, 0.3) is 0 Å². The molecule has 0 unspecified atom stereocenters. The highest BCUT2D eigenvalue weighted by atomic mass is 16.5. The van der Waals surface area contributed by atoms with Crippen LogP contribution in [-0.2, 0) is 13.0 Å². The Labute approximate surface area is 142 Å². The van der Waals surface area contributed by atoms with E-state index in [0.717, 1.165) is 18.8 Å². The molecule has 1 aromatic heterocycles. The van der Waals surface area contributed by atoms with Gasteiger partial charge >= 0.3 is 0 Å². The molecule has 1 aliphatic carbocycles. The molecule has 0 saturated carbocycles. The Morgan fingerprint density at radius 2 is 1.92 bits per heavy atom. The number of nitrogens with one attached hydrogen (secondary N) is 1. The van der Waals surface area contributed by atoms with Crippen molar-refractivity contribution < 1.29 is 4.74 Å². The van der Waals surface area contributed by atoms with Crippen molar-refractivity contribution in [2.45, 2.75) is 31.8 Å². The number of benzene rings is 2. The molecule has 3 aromatic rings. The summed E-state index contributed by atoms with van der Waals surface area (Å²) in [4.78, 5) is 0. The van der Waals surface area contributed by atoms with Gasteiger partial charge in [-0.05, 0) is 60.2 Å². The van der Waals surface area contributed by atoms with Crippen LogP contribution in [0.4, 0.5) is 0 Å². The quantitative estimate of drug-likeness (QED) is 0.762. The van der Waals surface area contributed by atoms with Crippen molar-refractivity contribution in [3.8, 4) is 16.9 Å². The van der Waals surface area contributed by atoms with E-state index in [1.165, 1.54) is 41.3 Å². The number of aryl methyl sites for hydroxylation is 1. The van der Waals surface area contributed by atoms with Crippen LogP contribution < -0.4 is 10.1 Å². The lowest BCUT2D eigenvalue weighted by Crippen LogP contribution is -2.35. The molecule has 122 valence electrons. The first-order valence-electron chi connectivity index (χ1n) is 8.88. The number of ether oxygens (including phenoxy) is 1. The van der Waals surface area contributed by atoms with E-state index in [1.807, 2.05) is 12.1 Å². The van der Waals surface area contributed by atoms with Gasteiger partial charge in [-0.2, -0.15) is 0 Å². The van der Waals surface area contributed by atoms with Crippen molar-refractivity contribution in [3.63, 3.8) is 0 Å². The van der Waals surface area contributed by atoms with Crippen LogP contribution in [0.5, 0.6) is 5.75 Å². The Morgan fingerprint density at radius 1 is 1.08 bits per heavy atom. The second-order valence-electron chi connectivity index (χ2n) is 6.87. The summed E-state index contributed by atoms with van der Waals surface area (Å²) in [7, 11) is 1.71. The van der Waals surface area contributed by atoms with Crippen LogP contribution in [0.2, 0.25) is 0 Å². The first-order valence-corrected chi connectivity index (χ1v) is 8.88. The number of rotatable bonds is 2. The molecule has 0 amide bonds. The van der Waals surface area contributed by atoms with E-state index in [0.29, 0.717) is 6.04 Å². The molecule has 0 fully saturated rings. The van der Waals surface area contributed by atoms with Crippen LogP contribution in [0.15, 0.2) is 42.5 Å². The van der Waals surface area contributed by atoms with Crippen molar-refractivity contribution in [1.29, 1.82) is 0 Å². The largest absolute Gasteiger partial charge is 0.497 e. The van der Waals surface area contributed by atoms with Crippen LogP contribution >= 0.6 is 0 Å². The summed E-state index contributed by atoms with van der Waals surface area (Å²) >= 11 is 0. The van der Waals surface area contributed by atoms with E-state index in [4.69, 9.17) is 4.74 Å². The third-order valence-corrected chi connectivity index (χ3v) is 5.61. The van der Waals surface area contributed by atoms with Crippen LogP contribution in [0.25, 0.3) is 22.0 Å². The predicted molar refractivity (Wildman–Crippen MR) is 97.6 cm³/mol. The van der Waals surface area contributed by atoms with Gasteiger partial charge in [-0.3, -0.25) is 0 Å². The first kappa shape index (κ1) is 14.1. The molecule has 0 saturated heterocycles. The molecule has 2 aromatic carbocycles. The molecular weight excluding hydrogens is 296 g/mol. The Hall–Kier alpha value is -2.26. The van der Waals surface area contributed by atoms with Gasteiger partial charge < -0.3 is 14.6 Å². The van der Waals surface area contributed by atoms with Crippen LogP contribution in [0.1, 0.15) is 30.1 Å². The summed E-state index contributed by atoms with van der Waals surface area (Å²) in [5, 5.41) is 5.15. The van der Waals surface area contributed by atoms with Gasteiger partial charge in [0.05, 0.1) is 7.11 Å². The van der Waals surface area contributed by atoms with Crippen LogP contribution in [0, 0.1) is 0 Å². The van der Waals surface area contributed by atoms with E-state index in [-0.39, 0.29) is 0 Å². The summed E-state index contributed by atoms with van der Waals surface area (Å²) in [6.07, 6.45) is 3.77. The van der Waals surface area contributed by atoms with Gasteiger partial charge in [0.2, 0.25) is 0 Å². The van der Waals surface area contributed by atoms with E-state index < -0.39 is 0 Å². The number of nitrogens with zero attached hydrogens (tertiary/aromatic N) is 1. The lowest BCUT2D eigenvalue weighted by atomic mass is 9.90. The van der Waals surface area contributed by atoms with Gasteiger partial charge in [0.1, 0.15) is 5.75 Å². The van der Waals surface area contributed by atoms with Gasteiger partial charge in [-0.25, -0.2) is 0 Å². The second kappa shape index (κ2) is 5.38. The molecule has 0 radical (unpaired) electrons. The van der Waals surface area contributed by atoms with Crippen molar-refractivity contribution in [1.82, 2.24) is 9.88 Å². The normalized spacial score (nSPS) is 19.3. The lowest BCUT2D eigenvalue weighted by Gasteiger charge is -2.31. The Morgan fingerprint density at radius 3 is 2.75 bits per heavy atom. The summed E-state index contributed by atoms with van der Waals surface area (Å²) in [6, 6.07) is 15.9. The lowest BCUT2D eigenvalue weighted by molar-refractivity contribution is 0.384. The molecule has 3 nitrogen and oxygen atoms in total. The van der Waals surface area contributed by atoms with E-state index in [9.17, 15) is 0 Å². The predicted octanol–water partition coefficient (Wildman–Crippen LogP) is 4.30. The highest BCUT2D eigenvalue weighted by molar-refractivity contribution is 5.90. The number of hydrogen-bond acceptors (Lipinski definition) is 2. The van der Waals surface area contributed by atoms with Crippen molar-refractivity contribution in [2.75, 3.05) is 13.7 Å². The Kier molecular flexibility index (Phi) is 3.17. The third-order valence-electron chi connectivity index (χ3n) is 5.61. The summed E-state index contributed by atoms with van der Waals surface area (Å²) in [5.74, 6) is 0.906. The van der Waals surface area contributed by atoms with E-state index >= 15 is 0 Å². The average molecular weight is 318 g/mol. The maximum atomic E-state index is 5.28. The molecule has 3 heteroatoms. The number of hydrogen-bond donors (Lipinski definition) is 1. The topological polar surface area (TPSA) is 26.2 Å². The van der Waals surface area contributed by atoms with E-state index in [2.05, 4.69) is 40.2 Å². The smallest absolute Gasteiger partial charge is 0.118 e. The molecule has 2 heterocycles. The van der Waals surface area contributed by atoms with Gasteiger partial charge in [0.15, 0.2) is 0 Å². The minimum Gasteiger partial charge on any atom is -0.497 e. The van der Waals surface area contributed by atoms with Gasteiger partial charge in [0, 0.05) is 35.7 Å². The monoisotopic (exact) mass is 318 g/mol. The molecule has 0 spiro atoms. The fraction of sp³-hybridized carbons (Fsp3) is 0.333. The minimum atomic E-state index is 0.555. The highest BCUT2D eigenvalue weighted by Gasteiger charge is 2.29. The summed E-state index contributed by atoms with van der Waals surface area (Å²) in [5.41, 5.74) is 7.07. The Balaban J connectivity index is 1.68. The summed E-state index contributed by atoms with van der Waals surface area (Å²) in [6.45, 7) is 2.17. The number of fused-ring (bicyclic) bond motifs is 3. The molecule has 0 bridgehead atoms. The van der Waals surface area contributed by atoms with Crippen molar-refractivity contribution in [2.24, 2.45) is 0 Å². The number of methoxy groups -OCH3 is 1. The minimum absolute atomic E-state index is 0.555. The van der Waals surface area contributed by atoms with Crippen molar-refractivity contribution in [3.05, 3.63) is 53.7 Å². The second-order valence-corrected chi connectivity index (χ2v) is 6.87.